The lowest BCUT2D eigenvalue weighted by atomic mass is 9.76. The molecule has 0 radical (unpaired) electrons. The van der Waals surface area contributed by atoms with E-state index < -0.39 is 0 Å². The normalized spacial score (nSPS) is 23.4. The number of carbonyl (C=O) groups excluding carboxylic acids is 1. The van der Waals surface area contributed by atoms with E-state index in [1.54, 1.807) is 7.11 Å². The maximum absolute atomic E-state index is 11.9. The number of anilines is 1. The van der Waals surface area contributed by atoms with E-state index in [4.69, 9.17) is 9.47 Å². The molecule has 3 atom stereocenters. The van der Waals surface area contributed by atoms with Crippen LogP contribution in [0.1, 0.15) is 39.9 Å². The highest BCUT2D eigenvalue weighted by atomic mass is 16.5. The molecule has 3 unspecified atom stereocenters. The van der Waals surface area contributed by atoms with Crippen molar-refractivity contribution in [3.63, 3.8) is 0 Å². The van der Waals surface area contributed by atoms with E-state index >= 15 is 0 Å². The van der Waals surface area contributed by atoms with E-state index in [0.29, 0.717) is 11.5 Å². The number of hydrogen-bond acceptors (Lipinski definition) is 4. The van der Waals surface area contributed by atoms with Gasteiger partial charge in [-0.15, -0.1) is 0 Å². The summed E-state index contributed by atoms with van der Waals surface area (Å²) in [6, 6.07) is 14.1. The zero-order valence-corrected chi connectivity index (χ0v) is 14.4. The van der Waals surface area contributed by atoms with Crippen molar-refractivity contribution in [2.24, 2.45) is 5.92 Å². The number of ether oxygens (including phenoxy) is 2. The van der Waals surface area contributed by atoms with Crippen molar-refractivity contribution in [3.8, 4) is 5.75 Å². The highest BCUT2D eigenvalue weighted by molar-refractivity contribution is 5.90. The number of nitrogens with one attached hydrogen (secondary N) is 1. The summed E-state index contributed by atoms with van der Waals surface area (Å²) in [6.07, 6.45) is 5.50. The van der Waals surface area contributed by atoms with E-state index in [-0.39, 0.29) is 17.9 Å². The van der Waals surface area contributed by atoms with E-state index in [9.17, 15) is 4.79 Å². The van der Waals surface area contributed by atoms with Crippen molar-refractivity contribution in [2.45, 2.75) is 18.4 Å². The molecule has 1 aliphatic heterocycles. The predicted molar refractivity (Wildman–Crippen MR) is 97.1 cm³/mol. The molecule has 4 nitrogen and oxygen atoms in total. The number of allylic oxidation sites excluding steroid dienone is 2. The number of fused-ring (bicyclic) bond motifs is 3. The van der Waals surface area contributed by atoms with Gasteiger partial charge in [0, 0.05) is 17.2 Å². The van der Waals surface area contributed by atoms with Gasteiger partial charge in [-0.05, 0) is 42.2 Å². The van der Waals surface area contributed by atoms with Crippen LogP contribution in [-0.2, 0) is 4.74 Å². The number of esters is 1. The zero-order chi connectivity index (χ0) is 17.4. The van der Waals surface area contributed by atoms with E-state index in [1.165, 1.54) is 12.7 Å². The first-order valence-corrected chi connectivity index (χ1v) is 8.51. The molecule has 2 aromatic carbocycles. The molecular weight excluding hydrogens is 314 g/mol. The molecule has 4 rings (SSSR count). The fraction of sp³-hybridized carbons (Fsp3) is 0.286. The maximum atomic E-state index is 11.9. The van der Waals surface area contributed by atoms with Gasteiger partial charge in [0.1, 0.15) is 5.75 Å². The average molecular weight is 335 g/mol. The lowest BCUT2D eigenvalue weighted by molar-refractivity contribution is 0.0600. The Bertz CT molecular complexity index is 843. The number of rotatable bonds is 3. The Morgan fingerprint density at radius 3 is 2.76 bits per heavy atom. The minimum atomic E-state index is -0.298. The third-order valence-corrected chi connectivity index (χ3v) is 5.26. The summed E-state index contributed by atoms with van der Waals surface area (Å²) in [7, 11) is 3.12. The van der Waals surface area contributed by atoms with Gasteiger partial charge in [0.15, 0.2) is 0 Å². The van der Waals surface area contributed by atoms with Gasteiger partial charge in [0.2, 0.25) is 0 Å². The molecule has 1 N–H and O–H groups in total. The first-order valence-electron chi connectivity index (χ1n) is 8.51. The van der Waals surface area contributed by atoms with Gasteiger partial charge in [0.25, 0.3) is 0 Å². The summed E-state index contributed by atoms with van der Waals surface area (Å²) >= 11 is 0. The van der Waals surface area contributed by atoms with Crippen molar-refractivity contribution in [3.05, 3.63) is 71.3 Å². The van der Waals surface area contributed by atoms with E-state index in [0.717, 1.165) is 23.4 Å². The molecule has 2 aromatic rings. The van der Waals surface area contributed by atoms with Gasteiger partial charge >= 0.3 is 5.97 Å². The highest BCUT2D eigenvalue weighted by Gasteiger charge is 2.39. The van der Waals surface area contributed by atoms with Crippen LogP contribution in [0.25, 0.3) is 0 Å². The topological polar surface area (TPSA) is 47.6 Å². The van der Waals surface area contributed by atoms with Crippen LogP contribution < -0.4 is 10.1 Å². The first-order chi connectivity index (χ1) is 12.2. The lowest BCUT2D eigenvalue weighted by Crippen LogP contribution is -2.29. The number of benzene rings is 2. The molecule has 25 heavy (non-hydrogen) atoms. The van der Waals surface area contributed by atoms with Crippen LogP contribution in [0.4, 0.5) is 5.69 Å². The number of methoxy groups -OCH3 is 2. The molecule has 4 heteroatoms. The number of hydrogen-bond donors (Lipinski definition) is 1. The summed E-state index contributed by atoms with van der Waals surface area (Å²) in [5.74, 6) is 1.29. The van der Waals surface area contributed by atoms with E-state index in [2.05, 4.69) is 23.5 Å². The summed E-state index contributed by atoms with van der Waals surface area (Å²) in [5, 5.41) is 3.67. The van der Waals surface area contributed by atoms with Crippen LogP contribution in [0.2, 0.25) is 0 Å². The molecule has 1 heterocycles. The van der Waals surface area contributed by atoms with E-state index in [1.807, 2.05) is 36.4 Å². The standard InChI is InChI=1S/C21H21NO3/c1-24-19-9-4-3-6-16(19)20-15-8-5-7-14(15)17-12-13(21(23)25-2)10-11-18(17)22-20/h3-7,9-12,14-15,20,22H,8H2,1-2H3. The van der Waals surface area contributed by atoms with Gasteiger partial charge in [-0.2, -0.15) is 0 Å². The Balaban J connectivity index is 1.77. The predicted octanol–water partition coefficient (Wildman–Crippen LogP) is 4.31. The molecule has 0 amide bonds. The minimum absolute atomic E-state index is 0.174. The molecule has 0 spiro atoms. The van der Waals surface area contributed by atoms with Crippen molar-refractivity contribution >= 4 is 11.7 Å². The summed E-state index contributed by atoms with van der Waals surface area (Å²) in [6.45, 7) is 0. The molecule has 1 aliphatic carbocycles. The summed E-state index contributed by atoms with van der Waals surface area (Å²) < 4.78 is 10.4. The zero-order valence-electron chi connectivity index (χ0n) is 14.4. The van der Waals surface area contributed by atoms with Gasteiger partial charge in [-0.1, -0.05) is 30.4 Å². The van der Waals surface area contributed by atoms with Gasteiger partial charge in [-0.25, -0.2) is 4.79 Å². The largest absolute Gasteiger partial charge is 0.496 e. The molecule has 2 aliphatic rings. The number of para-hydroxylation sites is 1. The molecule has 128 valence electrons. The Labute approximate surface area is 147 Å². The molecule has 0 bridgehead atoms. The molecule has 0 aromatic heterocycles. The minimum Gasteiger partial charge on any atom is -0.496 e. The second-order valence-corrected chi connectivity index (χ2v) is 6.51. The van der Waals surface area contributed by atoms with Crippen LogP contribution in [0, 0.1) is 5.92 Å². The van der Waals surface area contributed by atoms with Crippen LogP contribution >= 0.6 is 0 Å². The fourth-order valence-corrected chi connectivity index (χ4v) is 4.07. The fourth-order valence-electron chi connectivity index (χ4n) is 4.07. The second kappa shape index (κ2) is 6.28. The Morgan fingerprint density at radius 2 is 1.96 bits per heavy atom. The SMILES string of the molecule is COC(=O)c1ccc2c(c1)C1C=CCC1C(c1ccccc1OC)N2. The lowest BCUT2D eigenvalue weighted by Gasteiger charge is -2.38. The number of carbonyl (C=O) groups is 1. The molecule has 0 saturated carbocycles. The second-order valence-electron chi connectivity index (χ2n) is 6.51. The van der Waals surface area contributed by atoms with Crippen LogP contribution in [-0.4, -0.2) is 20.2 Å². The quantitative estimate of drug-likeness (QED) is 0.671. The maximum Gasteiger partial charge on any atom is 0.337 e. The summed E-state index contributed by atoms with van der Waals surface area (Å²) in [5.41, 5.74) is 3.99. The molecular formula is C21H21NO3. The third-order valence-electron chi connectivity index (χ3n) is 5.26. The monoisotopic (exact) mass is 335 g/mol. The van der Waals surface area contributed by atoms with Crippen molar-refractivity contribution in [1.29, 1.82) is 0 Å². The molecule has 0 fully saturated rings. The Hall–Kier alpha value is -2.75. The van der Waals surface area contributed by atoms with Crippen LogP contribution in [0.15, 0.2) is 54.6 Å². The summed E-state index contributed by atoms with van der Waals surface area (Å²) in [4.78, 5) is 11.9. The van der Waals surface area contributed by atoms with Crippen molar-refractivity contribution in [2.75, 3.05) is 19.5 Å². The van der Waals surface area contributed by atoms with Gasteiger partial charge < -0.3 is 14.8 Å². The first kappa shape index (κ1) is 15.8. The van der Waals surface area contributed by atoms with Crippen molar-refractivity contribution < 1.29 is 14.3 Å². The van der Waals surface area contributed by atoms with Gasteiger partial charge in [0.05, 0.1) is 25.8 Å². The van der Waals surface area contributed by atoms with Crippen molar-refractivity contribution in [1.82, 2.24) is 0 Å². The third kappa shape index (κ3) is 2.58. The Morgan fingerprint density at radius 1 is 1.12 bits per heavy atom. The van der Waals surface area contributed by atoms with Crippen LogP contribution in [0.5, 0.6) is 5.75 Å². The smallest absolute Gasteiger partial charge is 0.337 e. The Kier molecular flexibility index (Phi) is 3.96. The average Bonchev–Trinajstić information content (AvgIpc) is 3.16. The molecule has 0 saturated heterocycles. The van der Waals surface area contributed by atoms with Crippen LogP contribution in [0.3, 0.4) is 0 Å². The highest BCUT2D eigenvalue weighted by Crippen LogP contribution is 2.51. The van der Waals surface area contributed by atoms with Gasteiger partial charge in [-0.3, -0.25) is 0 Å².